The van der Waals surface area contributed by atoms with Gasteiger partial charge in [-0.15, -0.1) is 0 Å². The molecule has 0 unspecified atom stereocenters. The Hall–Kier alpha value is -5.42. The maximum Gasteiger partial charge on any atom is 0.146 e. The van der Waals surface area contributed by atoms with Crippen LogP contribution in [0, 0.1) is 0 Å². The van der Waals surface area contributed by atoms with Gasteiger partial charge in [-0.1, -0.05) is 93.3 Å². The highest BCUT2D eigenvalue weighted by atomic mass is 16.3. The molecule has 224 valence electrons. The van der Waals surface area contributed by atoms with Crippen molar-refractivity contribution in [3.05, 3.63) is 121 Å². The lowest BCUT2D eigenvalue weighted by molar-refractivity contribution is 0.546. The van der Waals surface area contributed by atoms with Crippen molar-refractivity contribution in [2.24, 2.45) is 5.73 Å². The number of aryl methyl sites for hydroxylation is 1. The third kappa shape index (κ3) is 4.72. The summed E-state index contributed by atoms with van der Waals surface area (Å²) in [4.78, 5) is 0. The van der Waals surface area contributed by atoms with Crippen LogP contribution >= 0.6 is 0 Å². The highest BCUT2D eigenvalue weighted by Gasteiger charge is 2.24. The van der Waals surface area contributed by atoms with Crippen LogP contribution in [-0.2, 0) is 6.42 Å². The standard InChI is InChI=1S/C32H23N3O2.C6H8.C2H6/c1-17(33)30-31-24(16-25-22-7-3-5-9-28(22)37-32(25)30)20-12-10-19(15-26(20)35(31)34)18-11-13-29-23(14-18)21-6-2-4-8-27(21)36-29;1-2-4-6-5-3-1;1-2/h2-4,6-8,10-16H,1,5,9,33-34H2;1-4H,5-6H2;1-2H3. The normalized spacial score (nSPS) is 13.6. The molecule has 3 heterocycles. The van der Waals surface area contributed by atoms with Gasteiger partial charge in [0.2, 0.25) is 0 Å². The van der Waals surface area contributed by atoms with Crippen molar-refractivity contribution in [2.75, 3.05) is 5.84 Å². The third-order valence-corrected chi connectivity index (χ3v) is 8.59. The topological polar surface area (TPSA) is 83.2 Å². The van der Waals surface area contributed by atoms with Crippen molar-refractivity contribution in [3.63, 3.8) is 0 Å². The molecule has 5 heteroatoms. The summed E-state index contributed by atoms with van der Waals surface area (Å²) in [5.74, 6) is 7.76. The summed E-state index contributed by atoms with van der Waals surface area (Å²) in [6, 6.07) is 23.1. The summed E-state index contributed by atoms with van der Waals surface area (Å²) in [7, 11) is 0. The molecule has 5 nitrogen and oxygen atoms in total. The van der Waals surface area contributed by atoms with Crippen molar-refractivity contribution in [1.29, 1.82) is 0 Å². The molecule has 2 aliphatic rings. The summed E-state index contributed by atoms with van der Waals surface area (Å²) >= 11 is 0. The van der Waals surface area contributed by atoms with Crippen LogP contribution in [0.4, 0.5) is 0 Å². The Morgan fingerprint density at radius 3 is 2.22 bits per heavy atom. The van der Waals surface area contributed by atoms with Gasteiger partial charge < -0.3 is 20.4 Å². The van der Waals surface area contributed by atoms with Crippen LogP contribution in [0.1, 0.15) is 50.0 Å². The fourth-order valence-corrected chi connectivity index (χ4v) is 6.53. The van der Waals surface area contributed by atoms with Gasteiger partial charge >= 0.3 is 0 Å². The molecule has 0 fully saturated rings. The van der Waals surface area contributed by atoms with Crippen LogP contribution < -0.4 is 11.6 Å². The molecule has 3 aromatic heterocycles. The largest absolute Gasteiger partial charge is 0.460 e. The molecule has 0 saturated heterocycles. The van der Waals surface area contributed by atoms with E-state index in [4.69, 9.17) is 20.4 Å². The van der Waals surface area contributed by atoms with Crippen molar-refractivity contribution in [3.8, 4) is 11.1 Å². The first kappa shape index (κ1) is 28.4. The van der Waals surface area contributed by atoms with Gasteiger partial charge in [0.25, 0.3) is 0 Å². The Kier molecular flexibility index (Phi) is 7.30. The number of benzene rings is 4. The van der Waals surface area contributed by atoms with Gasteiger partial charge in [-0.2, -0.15) is 0 Å². The average Bonchev–Trinajstić information content (AvgIpc) is 3.74. The molecule has 45 heavy (non-hydrogen) atoms. The zero-order chi connectivity index (χ0) is 31.1. The fourth-order valence-electron chi connectivity index (χ4n) is 6.53. The molecule has 9 rings (SSSR count). The van der Waals surface area contributed by atoms with E-state index in [-0.39, 0.29) is 0 Å². The molecule has 2 aliphatic carbocycles. The number of rotatable bonds is 2. The van der Waals surface area contributed by atoms with E-state index in [0.29, 0.717) is 5.70 Å². The molecule has 0 atom stereocenters. The molecule has 0 radical (unpaired) electrons. The van der Waals surface area contributed by atoms with Gasteiger partial charge in [-0.25, -0.2) is 0 Å². The monoisotopic (exact) mass is 591 g/mol. The number of fused-ring (bicyclic) bond motifs is 9. The summed E-state index contributed by atoms with van der Waals surface area (Å²) in [6.07, 6.45) is 17.2. The molecular formula is C40H37N3O2. The summed E-state index contributed by atoms with van der Waals surface area (Å²) in [6.45, 7) is 8.08. The van der Waals surface area contributed by atoms with E-state index in [2.05, 4.69) is 85.5 Å². The second-order valence-electron chi connectivity index (χ2n) is 11.3. The lowest BCUT2D eigenvalue weighted by Crippen LogP contribution is -2.09. The van der Waals surface area contributed by atoms with Crippen molar-refractivity contribution >= 4 is 66.5 Å². The van der Waals surface area contributed by atoms with Gasteiger partial charge in [0.05, 0.1) is 16.6 Å². The van der Waals surface area contributed by atoms with E-state index in [9.17, 15) is 0 Å². The summed E-state index contributed by atoms with van der Waals surface area (Å²) in [5, 5.41) is 5.36. The molecule has 0 aliphatic heterocycles. The Morgan fingerprint density at radius 2 is 1.47 bits per heavy atom. The van der Waals surface area contributed by atoms with Crippen molar-refractivity contribution in [1.82, 2.24) is 4.68 Å². The van der Waals surface area contributed by atoms with Crippen molar-refractivity contribution < 1.29 is 8.83 Å². The van der Waals surface area contributed by atoms with Gasteiger partial charge in [0, 0.05) is 44.6 Å². The van der Waals surface area contributed by atoms with Gasteiger partial charge in [0.15, 0.2) is 0 Å². The molecule has 0 spiro atoms. The first-order valence-corrected chi connectivity index (χ1v) is 15.7. The third-order valence-electron chi connectivity index (χ3n) is 8.59. The van der Waals surface area contributed by atoms with Crippen LogP contribution in [0.15, 0.2) is 113 Å². The maximum absolute atomic E-state index is 6.77. The molecular weight excluding hydrogens is 554 g/mol. The highest BCUT2D eigenvalue weighted by molar-refractivity contribution is 6.18. The van der Waals surface area contributed by atoms with Crippen molar-refractivity contribution in [2.45, 2.75) is 39.5 Å². The number of furan rings is 2. The van der Waals surface area contributed by atoms with Crippen LogP contribution in [0.25, 0.3) is 77.6 Å². The second-order valence-corrected chi connectivity index (χ2v) is 11.3. The van der Waals surface area contributed by atoms with Gasteiger partial charge in [-0.3, -0.25) is 4.68 Å². The Bertz CT molecular complexity index is 2330. The van der Waals surface area contributed by atoms with Crippen LogP contribution in [0.3, 0.4) is 0 Å². The predicted octanol–water partition coefficient (Wildman–Crippen LogP) is 10.6. The number of nitrogen functional groups attached to an aromatic ring is 1. The quantitative estimate of drug-likeness (QED) is 0.196. The zero-order valence-corrected chi connectivity index (χ0v) is 25.8. The Morgan fingerprint density at radius 1 is 0.733 bits per heavy atom. The van der Waals surface area contributed by atoms with Crippen LogP contribution in [-0.4, -0.2) is 4.68 Å². The Balaban J connectivity index is 0.000000362. The van der Waals surface area contributed by atoms with E-state index in [0.717, 1.165) is 95.6 Å². The number of hydrogen-bond donors (Lipinski definition) is 2. The summed E-state index contributed by atoms with van der Waals surface area (Å²) < 4.78 is 14.1. The minimum Gasteiger partial charge on any atom is -0.460 e. The van der Waals surface area contributed by atoms with Gasteiger partial charge in [0.1, 0.15) is 22.5 Å². The lowest BCUT2D eigenvalue weighted by Gasteiger charge is -2.07. The number of para-hydroxylation sites is 1. The SMILES string of the molecule is C1=CCCC=C1.C=C(N)c1c2oc3c(c2cc2c4ccc(-c5ccc6oc7ccccc7c6c5)cc4n(N)c12)C=CCC3.CC. The maximum atomic E-state index is 6.77. The Labute approximate surface area is 262 Å². The van der Waals surface area contributed by atoms with Crippen LogP contribution in [0.2, 0.25) is 0 Å². The number of nitrogens with zero attached hydrogens (tertiary/aromatic N) is 1. The predicted molar refractivity (Wildman–Crippen MR) is 192 cm³/mol. The number of nitrogens with two attached hydrogens (primary N) is 2. The van der Waals surface area contributed by atoms with E-state index < -0.39 is 0 Å². The first-order chi connectivity index (χ1) is 22.1. The molecule has 4 N–H and O–H groups in total. The molecule has 7 aromatic rings. The zero-order valence-electron chi connectivity index (χ0n) is 25.8. The number of aromatic nitrogens is 1. The second kappa shape index (κ2) is 11.6. The molecule has 4 aromatic carbocycles. The number of hydrogen-bond acceptors (Lipinski definition) is 4. The fraction of sp³-hybridized carbons (Fsp3) is 0.150. The molecule has 0 amide bonds. The van der Waals surface area contributed by atoms with E-state index in [1.165, 1.54) is 12.8 Å². The minimum absolute atomic E-state index is 0.442. The smallest absolute Gasteiger partial charge is 0.146 e. The molecule has 0 saturated carbocycles. The number of allylic oxidation sites excluding steroid dienone is 5. The highest BCUT2D eigenvalue weighted by Crippen LogP contribution is 2.42. The molecule has 0 bridgehead atoms. The summed E-state index contributed by atoms with van der Waals surface area (Å²) in [5.41, 5.74) is 15.1. The average molecular weight is 592 g/mol. The van der Waals surface area contributed by atoms with Gasteiger partial charge in [-0.05, 0) is 60.7 Å². The van der Waals surface area contributed by atoms with E-state index in [1.807, 2.05) is 38.1 Å². The first-order valence-electron chi connectivity index (χ1n) is 15.7. The van der Waals surface area contributed by atoms with E-state index in [1.54, 1.807) is 4.68 Å². The lowest BCUT2D eigenvalue weighted by atomic mass is 9.97. The minimum atomic E-state index is 0.442. The van der Waals surface area contributed by atoms with Crippen LogP contribution in [0.5, 0.6) is 0 Å². The van der Waals surface area contributed by atoms with E-state index >= 15 is 0 Å².